The normalized spacial score (nSPS) is 20.0. The molecule has 3 rings (SSSR count). The Bertz CT molecular complexity index is 450. The Morgan fingerprint density at radius 2 is 2.14 bits per heavy atom. The van der Waals surface area contributed by atoms with E-state index in [2.05, 4.69) is 40.8 Å². The number of nitrogens with zero attached hydrogens (tertiary/aromatic N) is 1. The quantitative estimate of drug-likeness (QED) is 0.816. The molecule has 0 spiro atoms. The predicted molar refractivity (Wildman–Crippen MR) is 89.8 cm³/mol. The molecule has 2 aliphatic heterocycles. The molecule has 2 N–H and O–H groups in total. The van der Waals surface area contributed by atoms with Gasteiger partial charge in [-0.25, -0.2) is 0 Å². The number of fused-ring (bicyclic) bond motifs is 1. The molecular formula is C18H29N3. The standard InChI is InChI=1S/C18H29N3/c1-21-12-8-15(9-13-21)7-11-19-14-17-5-2-4-16-6-3-10-20-18(16)17/h2,4-5,15,19-20H,3,6-14H2,1H3. The first-order valence-electron chi connectivity index (χ1n) is 8.57. The van der Waals surface area contributed by atoms with Crippen LogP contribution in [0, 0.1) is 5.92 Å². The van der Waals surface area contributed by atoms with E-state index in [-0.39, 0.29) is 0 Å². The second-order valence-electron chi connectivity index (χ2n) is 6.69. The lowest BCUT2D eigenvalue weighted by molar-refractivity contribution is 0.211. The van der Waals surface area contributed by atoms with Crippen molar-refractivity contribution < 1.29 is 0 Å². The molecule has 1 aromatic rings. The highest BCUT2D eigenvalue weighted by Gasteiger charge is 2.16. The van der Waals surface area contributed by atoms with Gasteiger partial charge < -0.3 is 15.5 Å². The predicted octanol–water partition coefficient (Wildman–Crippen LogP) is 2.87. The average molecular weight is 287 g/mol. The topological polar surface area (TPSA) is 27.3 Å². The van der Waals surface area contributed by atoms with Gasteiger partial charge in [0.2, 0.25) is 0 Å². The van der Waals surface area contributed by atoms with E-state index in [9.17, 15) is 0 Å². The summed E-state index contributed by atoms with van der Waals surface area (Å²) in [6, 6.07) is 6.74. The van der Waals surface area contributed by atoms with Gasteiger partial charge in [-0.05, 0) is 75.8 Å². The van der Waals surface area contributed by atoms with Crippen molar-refractivity contribution in [2.75, 3.05) is 38.5 Å². The molecule has 0 atom stereocenters. The molecule has 1 saturated heterocycles. The van der Waals surface area contributed by atoms with Crippen molar-refractivity contribution in [2.45, 2.75) is 38.6 Å². The van der Waals surface area contributed by atoms with Crippen LogP contribution in [0.2, 0.25) is 0 Å². The highest BCUT2D eigenvalue weighted by Crippen LogP contribution is 2.26. The molecule has 0 saturated carbocycles. The van der Waals surface area contributed by atoms with Gasteiger partial charge in [0.1, 0.15) is 0 Å². The third-order valence-corrected chi connectivity index (χ3v) is 5.04. The molecule has 3 heteroatoms. The van der Waals surface area contributed by atoms with Crippen molar-refractivity contribution in [1.82, 2.24) is 10.2 Å². The first-order valence-corrected chi connectivity index (χ1v) is 8.57. The van der Waals surface area contributed by atoms with Crippen LogP contribution < -0.4 is 10.6 Å². The van der Waals surface area contributed by atoms with E-state index in [0.717, 1.165) is 25.6 Å². The molecule has 0 radical (unpaired) electrons. The maximum Gasteiger partial charge on any atom is 0.0418 e. The third-order valence-electron chi connectivity index (χ3n) is 5.04. The van der Waals surface area contributed by atoms with Gasteiger partial charge in [-0.2, -0.15) is 0 Å². The van der Waals surface area contributed by atoms with E-state index in [1.807, 2.05) is 0 Å². The maximum absolute atomic E-state index is 3.66. The summed E-state index contributed by atoms with van der Waals surface area (Å²) in [5, 5.41) is 7.24. The number of piperidine rings is 1. The second kappa shape index (κ2) is 7.28. The number of aryl methyl sites for hydroxylation is 1. The third kappa shape index (κ3) is 3.98. The minimum Gasteiger partial charge on any atom is -0.385 e. The molecule has 1 aromatic carbocycles. The van der Waals surface area contributed by atoms with Gasteiger partial charge in [0.25, 0.3) is 0 Å². The summed E-state index contributed by atoms with van der Waals surface area (Å²) < 4.78 is 0. The Kier molecular flexibility index (Phi) is 5.15. The molecule has 0 aliphatic carbocycles. The van der Waals surface area contributed by atoms with Crippen LogP contribution in [0.1, 0.15) is 36.8 Å². The zero-order chi connectivity index (χ0) is 14.5. The van der Waals surface area contributed by atoms with E-state index in [1.54, 1.807) is 0 Å². The van der Waals surface area contributed by atoms with Crippen molar-refractivity contribution >= 4 is 5.69 Å². The monoisotopic (exact) mass is 287 g/mol. The summed E-state index contributed by atoms with van der Waals surface area (Å²) in [6.07, 6.45) is 6.57. The number of hydrogen-bond donors (Lipinski definition) is 2. The molecule has 21 heavy (non-hydrogen) atoms. The van der Waals surface area contributed by atoms with Crippen LogP contribution in [0.25, 0.3) is 0 Å². The molecule has 3 nitrogen and oxygen atoms in total. The number of hydrogen-bond acceptors (Lipinski definition) is 3. The maximum atomic E-state index is 3.66. The molecule has 116 valence electrons. The zero-order valence-corrected chi connectivity index (χ0v) is 13.3. The van der Waals surface area contributed by atoms with Gasteiger partial charge in [0.15, 0.2) is 0 Å². The summed E-state index contributed by atoms with van der Waals surface area (Å²) in [7, 11) is 2.24. The van der Waals surface area contributed by atoms with Gasteiger partial charge in [-0.1, -0.05) is 18.2 Å². The Morgan fingerprint density at radius 3 is 3.00 bits per heavy atom. The minimum absolute atomic E-state index is 0.927. The van der Waals surface area contributed by atoms with Crippen LogP contribution in [0.15, 0.2) is 18.2 Å². The van der Waals surface area contributed by atoms with Crippen LogP contribution in [0.5, 0.6) is 0 Å². The first-order chi connectivity index (χ1) is 10.3. The number of benzene rings is 1. The van der Waals surface area contributed by atoms with E-state index in [4.69, 9.17) is 0 Å². The van der Waals surface area contributed by atoms with E-state index in [1.165, 1.54) is 62.0 Å². The summed E-state index contributed by atoms with van der Waals surface area (Å²) in [5.74, 6) is 0.927. The molecular weight excluding hydrogens is 258 g/mol. The largest absolute Gasteiger partial charge is 0.385 e. The summed E-state index contributed by atoms with van der Waals surface area (Å²) in [6.45, 7) is 5.84. The molecule has 0 amide bonds. The fraction of sp³-hybridized carbons (Fsp3) is 0.667. The smallest absolute Gasteiger partial charge is 0.0418 e. The number of nitrogens with one attached hydrogen (secondary N) is 2. The lowest BCUT2D eigenvalue weighted by Crippen LogP contribution is -2.31. The van der Waals surface area contributed by atoms with Crippen LogP contribution in [-0.4, -0.2) is 38.1 Å². The first kappa shape index (κ1) is 14.9. The van der Waals surface area contributed by atoms with Crippen molar-refractivity contribution in [3.05, 3.63) is 29.3 Å². The van der Waals surface area contributed by atoms with Gasteiger partial charge in [-0.15, -0.1) is 0 Å². The van der Waals surface area contributed by atoms with Gasteiger partial charge in [-0.3, -0.25) is 0 Å². The second-order valence-corrected chi connectivity index (χ2v) is 6.69. The van der Waals surface area contributed by atoms with Crippen LogP contribution in [-0.2, 0) is 13.0 Å². The van der Waals surface area contributed by atoms with Crippen LogP contribution in [0.3, 0.4) is 0 Å². The van der Waals surface area contributed by atoms with Crippen molar-refractivity contribution in [3.63, 3.8) is 0 Å². The van der Waals surface area contributed by atoms with E-state index < -0.39 is 0 Å². The number of likely N-dealkylation sites (tertiary alicyclic amines) is 1. The summed E-state index contributed by atoms with van der Waals surface area (Å²) >= 11 is 0. The number of para-hydroxylation sites is 1. The Labute approximate surface area is 129 Å². The fourth-order valence-electron chi connectivity index (χ4n) is 3.61. The van der Waals surface area contributed by atoms with Gasteiger partial charge >= 0.3 is 0 Å². The highest BCUT2D eigenvalue weighted by atomic mass is 15.1. The van der Waals surface area contributed by atoms with Crippen molar-refractivity contribution in [3.8, 4) is 0 Å². The van der Waals surface area contributed by atoms with Crippen molar-refractivity contribution in [1.29, 1.82) is 0 Å². The zero-order valence-electron chi connectivity index (χ0n) is 13.3. The fourth-order valence-corrected chi connectivity index (χ4v) is 3.61. The van der Waals surface area contributed by atoms with Gasteiger partial charge in [0.05, 0.1) is 0 Å². The lowest BCUT2D eigenvalue weighted by Gasteiger charge is -2.29. The molecule has 1 fully saturated rings. The molecule has 2 aliphatic rings. The van der Waals surface area contributed by atoms with Crippen molar-refractivity contribution in [2.24, 2.45) is 5.92 Å². The SMILES string of the molecule is CN1CCC(CCNCc2cccc3c2NCCC3)CC1. The number of rotatable bonds is 5. The highest BCUT2D eigenvalue weighted by molar-refractivity contribution is 5.59. The molecule has 0 bridgehead atoms. The lowest BCUT2D eigenvalue weighted by atomic mass is 9.94. The molecule has 2 heterocycles. The average Bonchev–Trinajstić information content (AvgIpc) is 2.53. The molecule has 0 aromatic heterocycles. The Morgan fingerprint density at radius 1 is 1.29 bits per heavy atom. The molecule has 0 unspecified atom stereocenters. The van der Waals surface area contributed by atoms with E-state index >= 15 is 0 Å². The van der Waals surface area contributed by atoms with E-state index in [0.29, 0.717) is 0 Å². The Balaban J connectivity index is 1.43. The minimum atomic E-state index is 0.927. The van der Waals surface area contributed by atoms with Crippen LogP contribution in [0.4, 0.5) is 5.69 Å². The van der Waals surface area contributed by atoms with Crippen LogP contribution >= 0.6 is 0 Å². The van der Waals surface area contributed by atoms with Gasteiger partial charge in [0, 0.05) is 18.8 Å². The number of anilines is 1. The summed E-state index contributed by atoms with van der Waals surface area (Å²) in [5.41, 5.74) is 4.34. The Hall–Kier alpha value is -1.06. The summed E-state index contributed by atoms with van der Waals surface area (Å²) in [4.78, 5) is 2.45.